The Bertz CT molecular complexity index is 749. The first-order valence-electron chi connectivity index (χ1n) is 8.72. The fourth-order valence-electron chi connectivity index (χ4n) is 5.37. The van der Waals surface area contributed by atoms with Crippen LogP contribution in [0.25, 0.3) is 0 Å². The van der Waals surface area contributed by atoms with Crippen molar-refractivity contribution in [2.24, 2.45) is 35.5 Å². The van der Waals surface area contributed by atoms with Gasteiger partial charge in [-0.05, 0) is 43.4 Å². The number of carbonyl (C=O) groups is 2. The molecule has 1 heterocycles. The SMILES string of the molecule is CC1=CCC(S(=O)(=O)N2C(=O)C3C4CC(C(C)C4C)C3C2=O)C=C1. The van der Waals surface area contributed by atoms with Crippen molar-refractivity contribution < 1.29 is 18.0 Å². The topological polar surface area (TPSA) is 71.5 Å². The first kappa shape index (κ1) is 16.1. The molecule has 3 fully saturated rings. The Balaban J connectivity index is 1.68. The molecule has 0 N–H and O–H groups in total. The maximum absolute atomic E-state index is 12.9. The van der Waals surface area contributed by atoms with Gasteiger partial charge in [0, 0.05) is 0 Å². The molecule has 5 nitrogen and oxygen atoms in total. The van der Waals surface area contributed by atoms with E-state index in [1.54, 1.807) is 12.2 Å². The summed E-state index contributed by atoms with van der Waals surface area (Å²) in [5.74, 6) is -0.758. The summed E-state index contributed by atoms with van der Waals surface area (Å²) < 4.78 is 26.5. The zero-order valence-electron chi connectivity index (χ0n) is 14.2. The van der Waals surface area contributed by atoms with Crippen LogP contribution in [0.15, 0.2) is 23.8 Å². The van der Waals surface area contributed by atoms with Crippen molar-refractivity contribution >= 4 is 21.8 Å². The number of allylic oxidation sites excluding steroid dienone is 3. The van der Waals surface area contributed by atoms with Crippen molar-refractivity contribution in [3.05, 3.63) is 23.8 Å². The summed E-state index contributed by atoms with van der Waals surface area (Å²) in [5, 5.41) is -0.819. The number of carbonyl (C=O) groups excluding carboxylic acids is 2. The second-order valence-corrected chi connectivity index (χ2v) is 9.90. The Kier molecular flexibility index (Phi) is 3.37. The molecule has 130 valence electrons. The van der Waals surface area contributed by atoms with Gasteiger partial charge in [0.15, 0.2) is 0 Å². The molecule has 1 aliphatic heterocycles. The average Bonchev–Trinajstić information content (AvgIpc) is 3.12. The van der Waals surface area contributed by atoms with Gasteiger partial charge < -0.3 is 0 Å². The number of amides is 2. The molecule has 7 unspecified atom stereocenters. The van der Waals surface area contributed by atoms with Crippen LogP contribution in [0.3, 0.4) is 0 Å². The molecule has 2 saturated carbocycles. The molecule has 6 heteroatoms. The molecule has 2 amide bonds. The summed E-state index contributed by atoms with van der Waals surface area (Å²) in [6.45, 7) is 6.15. The van der Waals surface area contributed by atoms with E-state index < -0.39 is 38.9 Å². The highest BCUT2D eigenvalue weighted by Crippen LogP contribution is 2.61. The highest BCUT2D eigenvalue weighted by atomic mass is 32.2. The van der Waals surface area contributed by atoms with Crippen LogP contribution in [0, 0.1) is 35.5 Å². The Hall–Kier alpha value is -1.43. The molecule has 2 bridgehead atoms. The van der Waals surface area contributed by atoms with Gasteiger partial charge in [0.1, 0.15) is 5.25 Å². The molecule has 0 aromatic carbocycles. The Labute approximate surface area is 142 Å². The van der Waals surface area contributed by atoms with Gasteiger partial charge in [-0.15, -0.1) is 0 Å². The lowest BCUT2D eigenvalue weighted by Crippen LogP contribution is -2.43. The number of fused-ring (bicyclic) bond motifs is 5. The van der Waals surface area contributed by atoms with Crippen LogP contribution in [0.1, 0.15) is 33.6 Å². The van der Waals surface area contributed by atoms with Crippen molar-refractivity contribution in [1.82, 2.24) is 4.31 Å². The molecule has 4 rings (SSSR count). The van der Waals surface area contributed by atoms with E-state index in [0.717, 1.165) is 12.0 Å². The molecule has 0 spiro atoms. The fourth-order valence-corrected chi connectivity index (χ4v) is 7.00. The van der Waals surface area contributed by atoms with Gasteiger partial charge in [-0.25, -0.2) is 8.42 Å². The fraction of sp³-hybridized carbons (Fsp3) is 0.667. The summed E-state index contributed by atoms with van der Waals surface area (Å²) in [5.41, 5.74) is 0.998. The smallest absolute Gasteiger partial charge is 0.250 e. The van der Waals surface area contributed by atoms with Gasteiger partial charge in [0.05, 0.1) is 11.8 Å². The number of rotatable bonds is 2. The van der Waals surface area contributed by atoms with E-state index in [9.17, 15) is 18.0 Å². The minimum atomic E-state index is -3.98. The van der Waals surface area contributed by atoms with Crippen molar-refractivity contribution in [3.63, 3.8) is 0 Å². The summed E-state index contributed by atoms with van der Waals surface area (Å²) >= 11 is 0. The third-order valence-electron chi connectivity index (χ3n) is 6.89. The zero-order chi connectivity index (χ0) is 17.4. The van der Waals surface area contributed by atoms with E-state index >= 15 is 0 Å². The molecule has 1 saturated heterocycles. The van der Waals surface area contributed by atoms with Crippen LogP contribution in [0.2, 0.25) is 0 Å². The number of hydrogen-bond acceptors (Lipinski definition) is 4. The third-order valence-corrected chi connectivity index (χ3v) is 8.87. The maximum Gasteiger partial charge on any atom is 0.250 e. The van der Waals surface area contributed by atoms with Crippen LogP contribution in [0.5, 0.6) is 0 Å². The first-order valence-corrected chi connectivity index (χ1v) is 10.2. The highest BCUT2D eigenvalue weighted by molar-refractivity contribution is 7.91. The minimum Gasteiger partial charge on any atom is -0.273 e. The normalized spacial score (nSPS) is 44.2. The Morgan fingerprint density at radius 1 is 1.04 bits per heavy atom. The molecule has 3 aliphatic carbocycles. The lowest BCUT2D eigenvalue weighted by Gasteiger charge is -2.31. The third kappa shape index (κ3) is 1.89. The number of sulfonamides is 1. The van der Waals surface area contributed by atoms with Crippen molar-refractivity contribution in [2.45, 2.75) is 38.9 Å². The number of imide groups is 1. The summed E-state index contributed by atoms with van der Waals surface area (Å²) in [6, 6.07) is 0. The standard InChI is InChI=1S/C18H23NO4S/c1-9-4-6-12(7-5-9)24(22,23)19-17(20)15-13-8-14(11(3)10(13)2)16(15)18(19)21/h4-6,10-16H,7-8H2,1-3H3. The molecule has 0 radical (unpaired) electrons. The molecule has 7 atom stereocenters. The Morgan fingerprint density at radius 2 is 1.58 bits per heavy atom. The predicted octanol–water partition coefficient (Wildman–Crippen LogP) is 2.11. The summed E-state index contributed by atoms with van der Waals surface area (Å²) in [4.78, 5) is 25.8. The lowest BCUT2D eigenvalue weighted by atomic mass is 9.70. The van der Waals surface area contributed by atoms with Crippen LogP contribution < -0.4 is 0 Å². The minimum absolute atomic E-state index is 0.149. The van der Waals surface area contributed by atoms with Gasteiger partial charge in [-0.3, -0.25) is 9.59 Å². The van der Waals surface area contributed by atoms with Gasteiger partial charge in [-0.1, -0.05) is 37.6 Å². The second kappa shape index (κ2) is 5.04. The van der Waals surface area contributed by atoms with E-state index in [1.165, 1.54) is 0 Å². The van der Waals surface area contributed by atoms with Crippen LogP contribution in [-0.2, 0) is 19.6 Å². The van der Waals surface area contributed by atoms with E-state index in [-0.39, 0.29) is 11.8 Å². The maximum atomic E-state index is 12.9. The van der Waals surface area contributed by atoms with Gasteiger partial charge >= 0.3 is 0 Å². The average molecular weight is 349 g/mol. The molecule has 4 aliphatic rings. The zero-order valence-corrected chi connectivity index (χ0v) is 15.0. The van der Waals surface area contributed by atoms with Gasteiger partial charge in [-0.2, -0.15) is 4.31 Å². The van der Waals surface area contributed by atoms with Crippen LogP contribution in [-0.4, -0.2) is 29.8 Å². The summed E-state index contributed by atoms with van der Waals surface area (Å²) in [6.07, 6.45) is 6.37. The van der Waals surface area contributed by atoms with Crippen molar-refractivity contribution in [2.75, 3.05) is 0 Å². The summed E-state index contributed by atoms with van der Waals surface area (Å²) in [7, 11) is -3.98. The number of nitrogens with zero attached hydrogens (tertiary/aromatic N) is 1. The highest BCUT2D eigenvalue weighted by Gasteiger charge is 2.67. The lowest BCUT2D eigenvalue weighted by molar-refractivity contribution is -0.134. The monoisotopic (exact) mass is 349 g/mol. The van der Waals surface area contributed by atoms with Crippen molar-refractivity contribution in [1.29, 1.82) is 0 Å². The van der Waals surface area contributed by atoms with Gasteiger partial charge in [0.2, 0.25) is 11.8 Å². The molecule has 0 aromatic heterocycles. The van der Waals surface area contributed by atoms with Crippen LogP contribution in [0.4, 0.5) is 0 Å². The van der Waals surface area contributed by atoms with E-state index in [4.69, 9.17) is 0 Å². The quantitative estimate of drug-likeness (QED) is 0.716. The largest absolute Gasteiger partial charge is 0.273 e. The number of hydrogen-bond donors (Lipinski definition) is 0. The molecular formula is C18H23NO4S. The van der Waals surface area contributed by atoms with Gasteiger partial charge in [0.25, 0.3) is 10.0 Å². The molecule has 24 heavy (non-hydrogen) atoms. The van der Waals surface area contributed by atoms with E-state index in [0.29, 0.717) is 22.6 Å². The van der Waals surface area contributed by atoms with Crippen LogP contribution >= 0.6 is 0 Å². The van der Waals surface area contributed by atoms with E-state index in [1.807, 2.05) is 13.0 Å². The second-order valence-electron chi connectivity index (χ2n) is 7.90. The van der Waals surface area contributed by atoms with E-state index in [2.05, 4.69) is 13.8 Å². The Morgan fingerprint density at radius 3 is 2.04 bits per heavy atom. The predicted molar refractivity (Wildman–Crippen MR) is 89.0 cm³/mol. The first-order chi connectivity index (χ1) is 11.2. The molecular weight excluding hydrogens is 326 g/mol. The van der Waals surface area contributed by atoms with Crippen molar-refractivity contribution in [3.8, 4) is 0 Å². The molecule has 0 aromatic rings.